The maximum Gasteiger partial charge on any atom is 0.307 e. The third kappa shape index (κ3) is 9.91. The Bertz CT molecular complexity index is 1090. The number of carbonyl (C=O) groups is 3. The van der Waals surface area contributed by atoms with E-state index in [-0.39, 0.29) is 30.3 Å². The molecule has 2 aromatic carbocycles. The van der Waals surface area contributed by atoms with Crippen molar-refractivity contribution in [2.75, 3.05) is 0 Å². The second-order valence-electron chi connectivity index (χ2n) is 13.1. The van der Waals surface area contributed by atoms with E-state index in [1.807, 2.05) is 81.4 Å². The molecule has 0 spiro atoms. The van der Waals surface area contributed by atoms with Crippen molar-refractivity contribution < 1.29 is 19.1 Å². The van der Waals surface area contributed by atoms with Gasteiger partial charge in [-0.05, 0) is 75.3 Å². The second-order valence-corrected chi connectivity index (χ2v) is 13.1. The number of ketones is 1. The van der Waals surface area contributed by atoms with Gasteiger partial charge in [0.2, 0.25) is 5.91 Å². The topological polar surface area (TPSA) is 72.5 Å². The predicted molar refractivity (Wildman–Crippen MR) is 160 cm³/mol. The first-order valence-electron chi connectivity index (χ1n) is 15.1. The van der Waals surface area contributed by atoms with Gasteiger partial charge in [0.1, 0.15) is 11.4 Å². The molecular formula is C35H49NO4. The fourth-order valence-electron chi connectivity index (χ4n) is 6.08. The van der Waals surface area contributed by atoms with Crippen LogP contribution in [0.1, 0.15) is 97.2 Å². The lowest BCUT2D eigenvalue weighted by atomic mass is 9.68. The summed E-state index contributed by atoms with van der Waals surface area (Å²) in [7, 11) is 0. The van der Waals surface area contributed by atoms with Gasteiger partial charge in [0.25, 0.3) is 0 Å². The number of Topliss-reactive ketones (excluding diaryl/α,β-unsaturated/α-hetero) is 1. The molecule has 0 bridgehead atoms. The summed E-state index contributed by atoms with van der Waals surface area (Å²) in [4.78, 5) is 40.1. The molecule has 0 aliphatic heterocycles. The molecule has 1 N–H and O–H groups in total. The molecule has 0 aromatic heterocycles. The van der Waals surface area contributed by atoms with Crippen molar-refractivity contribution in [2.24, 2.45) is 29.6 Å². The first-order valence-corrected chi connectivity index (χ1v) is 15.1. The molecule has 5 atom stereocenters. The van der Waals surface area contributed by atoms with Crippen LogP contribution in [0.25, 0.3) is 0 Å². The Morgan fingerprint density at radius 1 is 0.950 bits per heavy atom. The zero-order valence-electron chi connectivity index (χ0n) is 25.3. The molecule has 0 heterocycles. The Labute approximate surface area is 241 Å². The number of ether oxygens (including phenoxy) is 1. The quantitative estimate of drug-likeness (QED) is 0.279. The van der Waals surface area contributed by atoms with Crippen LogP contribution in [0.3, 0.4) is 0 Å². The van der Waals surface area contributed by atoms with Gasteiger partial charge in [0, 0.05) is 12.3 Å². The SMILES string of the molecule is CC(C)[C@@H]1CC[C@@H](C)C[C@H]1C(=O)CC[C@@H](NC(=O)[C@@H](CC(=O)OC(C)(C)C)Cc1ccccc1)c1ccccc1. The Balaban J connectivity index is 1.77. The summed E-state index contributed by atoms with van der Waals surface area (Å²) >= 11 is 0. The molecule has 40 heavy (non-hydrogen) atoms. The standard InChI is InChI=1S/C35H49NO4/c1-24(2)29-18-17-25(3)21-30(29)32(37)20-19-31(27-15-11-8-12-16-27)36-34(39)28(22-26-13-9-7-10-14-26)23-33(38)40-35(4,5)6/h7-16,24-25,28-31H,17-23H2,1-6H3,(H,36,39)/t25-,28-,29+,30-,31-/m1/s1. The minimum atomic E-state index is -0.623. The number of hydrogen-bond acceptors (Lipinski definition) is 4. The number of esters is 1. The van der Waals surface area contributed by atoms with E-state index in [2.05, 4.69) is 26.1 Å². The van der Waals surface area contributed by atoms with Gasteiger partial charge in [-0.15, -0.1) is 0 Å². The molecular weight excluding hydrogens is 498 g/mol. The van der Waals surface area contributed by atoms with Gasteiger partial charge >= 0.3 is 5.97 Å². The summed E-state index contributed by atoms with van der Waals surface area (Å²) in [6.07, 6.45) is 4.65. The largest absolute Gasteiger partial charge is 0.460 e. The fourth-order valence-corrected chi connectivity index (χ4v) is 6.08. The zero-order chi connectivity index (χ0) is 29.3. The Kier molecular flexibility index (Phi) is 11.5. The number of nitrogens with one attached hydrogen (secondary N) is 1. The molecule has 0 unspecified atom stereocenters. The van der Waals surface area contributed by atoms with E-state index >= 15 is 0 Å². The summed E-state index contributed by atoms with van der Waals surface area (Å²) in [6.45, 7) is 12.2. The van der Waals surface area contributed by atoms with Gasteiger partial charge in [-0.2, -0.15) is 0 Å². The summed E-state index contributed by atoms with van der Waals surface area (Å²) < 4.78 is 5.57. The molecule has 5 nitrogen and oxygen atoms in total. The van der Waals surface area contributed by atoms with Gasteiger partial charge in [-0.1, -0.05) is 87.9 Å². The maximum absolute atomic E-state index is 13.8. The summed E-state index contributed by atoms with van der Waals surface area (Å²) in [5.74, 6) is 0.728. The van der Waals surface area contributed by atoms with Crippen LogP contribution in [0.2, 0.25) is 0 Å². The number of benzene rings is 2. The van der Waals surface area contributed by atoms with Crippen LogP contribution in [-0.2, 0) is 25.5 Å². The van der Waals surface area contributed by atoms with Crippen LogP contribution in [-0.4, -0.2) is 23.3 Å². The monoisotopic (exact) mass is 547 g/mol. The van der Waals surface area contributed by atoms with E-state index in [1.165, 1.54) is 6.42 Å². The lowest BCUT2D eigenvalue weighted by Gasteiger charge is -2.36. The highest BCUT2D eigenvalue weighted by Crippen LogP contribution is 2.39. The van der Waals surface area contributed by atoms with Crippen molar-refractivity contribution in [1.82, 2.24) is 5.32 Å². The lowest BCUT2D eigenvalue weighted by molar-refractivity contribution is -0.157. The smallest absolute Gasteiger partial charge is 0.307 e. The minimum absolute atomic E-state index is 0.00549. The van der Waals surface area contributed by atoms with Crippen molar-refractivity contribution in [3.8, 4) is 0 Å². The molecule has 0 radical (unpaired) electrons. The van der Waals surface area contributed by atoms with Crippen molar-refractivity contribution in [2.45, 2.75) is 98.1 Å². The molecule has 2 aromatic rings. The van der Waals surface area contributed by atoms with E-state index in [4.69, 9.17) is 4.74 Å². The van der Waals surface area contributed by atoms with Crippen LogP contribution < -0.4 is 5.32 Å². The summed E-state index contributed by atoms with van der Waals surface area (Å²) in [6, 6.07) is 19.3. The third-order valence-corrected chi connectivity index (χ3v) is 8.16. The van der Waals surface area contributed by atoms with E-state index in [0.29, 0.717) is 42.8 Å². The summed E-state index contributed by atoms with van der Waals surface area (Å²) in [5, 5.41) is 3.22. The summed E-state index contributed by atoms with van der Waals surface area (Å²) in [5.41, 5.74) is 1.34. The van der Waals surface area contributed by atoms with Crippen LogP contribution >= 0.6 is 0 Å². The van der Waals surface area contributed by atoms with E-state index < -0.39 is 11.5 Å². The molecule has 1 saturated carbocycles. The van der Waals surface area contributed by atoms with Crippen LogP contribution in [0.4, 0.5) is 0 Å². The highest BCUT2D eigenvalue weighted by atomic mass is 16.6. The third-order valence-electron chi connectivity index (χ3n) is 8.16. The molecule has 1 aliphatic rings. The molecule has 218 valence electrons. The molecule has 5 heteroatoms. The molecule has 1 amide bonds. The number of hydrogen-bond donors (Lipinski definition) is 1. The van der Waals surface area contributed by atoms with E-state index in [1.54, 1.807) is 0 Å². The van der Waals surface area contributed by atoms with Crippen LogP contribution in [0.5, 0.6) is 0 Å². The average molecular weight is 548 g/mol. The predicted octanol–water partition coefficient (Wildman–Crippen LogP) is 7.49. The molecule has 0 saturated heterocycles. The van der Waals surface area contributed by atoms with Crippen molar-refractivity contribution in [1.29, 1.82) is 0 Å². The molecule has 3 rings (SSSR count). The fraction of sp³-hybridized carbons (Fsp3) is 0.571. The van der Waals surface area contributed by atoms with Crippen LogP contribution in [0, 0.1) is 29.6 Å². The molecule has 1 fully saturated rings. The highest BCUT2D eigenvalue weighted by Gasteiger charge is 2.35. The first kappa shape index (κ1) is 31.6. The van der Waals surface area contributed by atoms with Crippen LogP contribution in [0.15, 0.2) is 60.7 Å². The van der Waals surface area contributed by atoms with Gasteiger partial charge in [0.15, 0.2) is 0 Å². The van der Waals surface area contributed by atoms with Crippen molar-refractivity contribution in [3.05, 3.63) is 71.8 Å². The number of carbonyl (C=O) groups excluding carboxylic acids is 3. The lowest BCUT2D eigenvalue weighted by Crippen LogP contribution is -2.38. The van der Waals surface area contributed by atoms with Gasteiger partial charge < -0.3 is 10.1 Å². The zero-order valence-corrected chi connectivity index (χ0v) is 25.3. The Hall–Kier alpha value is -2.95. The first-order chi connectivity index (χ1) is 18.9. The number of rotatable bonds is 12. The number of amides is 1. The van der Waals surface area contributed by atoms with E-state index in [9.17, 15) is 14.4 Å². The van der Waals surface area contributed by atoms with E-state index in [0.717, 1.165) is 24.0 Å². The van der Waals surface area contributed by atoms with Crippen molar-refractivity contribution >= 4 is 17.7 Å². The Morgan fingerprint density at radius 2 is 1.57 bits per heavy atom. The maximum atomic E-state index is 13.8. The van der Waals surface area contributed by atoms with Crippen molar-refractivity contribution in [3.63, 3.8) is 0 Å². The highest BCUT2D eigenvalue weighted by molar-refractivity contribution is 5.85. The van der Waals surface area contributed by atoms with Gasteiger partial charge in [-0.3, -0.25) is 14.4 Å². The second kappa shape index (κ2) is 14.6. The van der Waals surface area contributed by atoms with Gasteiger partial charge in [-0.25, -0.2) is 0 Å². The normalized spacial score (nSPS) is 20.9. The Morgan fingerprint density at radius 3 is 2.17 bits per heavy atom. The molecule has 1 aliphatic carbocycles. The minimum Gasteiger partial charge on any atom is -0.460 e. The average Bonchev–Trinajstić information content (AvgIpc) is 2.90. The van der Waals surface area contributed by atoms with Gasteiger partial charge in [0.05, 0.1) is 18.4 Å².